The molecule has 0 aromatic carbocycles. The van der Waals surface area contributed by atoms with Gasteiger partial charge in [0.2, 0.25) is 0 Å². The number of hydrogen-bond acceptors (Lipinski definition) is 4. The molecule has 1 aliphatic rings. The lowest BCUT2D eigenvalue weighted by Crippen LogP contribution is -2.61. The monoisotopic (exact) mass is 359 g/mol. The van der Waals surface area contributed by atoms with Crippen LogP contribution in [-0.4, -0.2) is 30.6 Å². The summed E-state index contributed by atoms with van der Waals surface area (Å²) in [5, 5.41) is 0. The van der Waals surface area contributed by atoms with E-state index in [0.29, 0.717) is 6.04 Å². The normalized spacial score (nSPS) is 20.9. The standard InChI is InChI=1S/C15H26BrN3S/c1-19(2)15(9-5-3-4-6-10-15)13(18-17)11-12-7-8-14(16)20-12/h7-8,13,18H,3-6,9-11,17H2,1-2H3. The third-order valence-electron chi connectivity index (χ3n) is 4.74. The molecule has 0 radical (unpaired) electrons. The number of rotatable bonds is 5. The molecule has 1 atom stereocenters. The number of hydrazine groups is 1. The van der Waals surface area contributed by atoms with Crippen LogP contribution >= 0.6 is 27.3 Å². The van der Waals surface area contributed by atoms with E-state index in [1.807, 2.05) is 11.3 Å². The molecule has 1 aromatic rings. The van der Waals surface area contributed by atoms with E-state index in [1.54, 1.807) is 0 Å². The summed E-state index contributed by atoms with van der Waals surface area (Å²) < 4.78 is 1.20. The summed E-state index contributed by atoms with van der Waals surface area (Å²) in [6, 6.07) is 4.64. The maximum Gasteiger partial charge on any atom is 0.0701 e. The Morgan fingerprint density at radius 1 is 1.30 bits per heavy atom. The molecule has 3 nitrogen and oxygen atoms in total. The van der Waals surface area contributed by atoms with Gasteiger partial charge in [-0.25, -0.2) is 0 Å². The quantitative estimate of drug-likeness (QED) is 0.479. The molecule has 1 fully saturated rings. The van der Waals surface area contributed by atoms with Crippen LogP contribution in [0.15, 0.2) is 15.9 Å². The highest BCUT2D eigenvalue weighted by Crippen LogP contribution is 2.36. The van der Waals surface area contributed by atoms with Crippen molar-refractivity contribution in [1.29, 1.82) is 0 Å². The minimum atomic E-state index is 0.182. The van der Waals surface area contributed by atoms with E-state index in [4.69, 9.17) is 5.84 Å². The van der Waals surface area contributed by atoms with Crippen molar-refractivity contribution in [1.82, 2.24) is 10.3 Å². The van der Waals surface area contributed by atoms with E-state index in [2.05, 4.69) is 52.5 Å². The number of nitrogens with two attached hydrogens (primary N) is 1. The van der Waals surface area contributed by atoms with Gasteiger partial charge in [-0.2, -0.15) is 0 Å². The Morgan fingerprint density at radius 2 is 1.95 bits per heavy atom. The summed E-state index contributed by atoms with van der Waals surface area (Å²) in [7, 11) is 4.42. The van der Waals surface area contributed by atoms with Crippen LogP contribution in [-0.2, 0) is 6.42 Å². The number of halogens is 1. The van der Waals surface area contributed by atoms with Gasteiger partial charge in [0, 0.05) is 22.9 Å². The lowest BCUT2D eigenvalue weighted by molar-refractivity contribution is 0.0805. The molecule has 0 bridgehead atoms. The second kappa shape index (κ2) is 7.36. The predicted octanol–water partition coefficient (Wildman–Crippen LogP) is 3.54. The minimum absolute atomic E-state index is 0.182. The molecule has 1 saturated carbocycles. The van der Waals surface area contributed by atoms with Crippen molar-refractivity contribution in [3.63, 3.8) is 0 Å². The van der Waals surface area contributed by atoms with Crippen LogP contribution in [0.25, 0.3) is 0 Å². The van der Waals surface area contributed by atoms with Crippen molar-refractivity contribution in [3.8, 4) is 0 Å². The largest absolute Gasteiger partial charge is 0.302 e. The number of nitrogens with zero attached hydrogens (tertiary/aromatic N) is 1. The Bertz CT molecular complexity index is 411. The van der Waals surface area contributed by atoms with Crippen molar-refractivity contribution in [2.24, 2.45) is 5.84 Å². The first-order chi connectivity index (χ1) is 9.58. The molecule has 0 saturated heterocycles. The van der Waals surface area contributed by atoms with Gasteiger partial charge in [0.05, 0.1) is 3.79 Å². The zero-order chi connectivity index (χ0) is 14.6. The third-order valence-corrected chi connectivity index (χ3v) is 6.39. The molecule has 1 unspecified atom stereocenters. The van der Waals surface area contributed by atoms with Crippen molar-refractivity contribution in [2.45, 2.75) is 56.5 Å². The molecule has 114 valence electrons. The summed E-state index contributed by atoms with van der Waals surface area (Å²) >= 11 is 5.36. The number of likely N-dealkylation sites (N-methyl/N-ethyl adjacent to an activating group) is 1. The van der Waals surface area contributed by atoms with Crippen LogP contribution in [0.3, 0.4) is 0 Å². The van der Waals surface area contributed by atoms with Gasteiger partial charge in [-0.3, -0.25) is 11.3 Å². The highest BCUT2D eigenvalue weighted by atomic mass is 79.9. The second-order valence-electron chi connectivity index (χ2n) is 6.04. The van der Waals surface area contributed by atoms with Crippen molar-refractivity contribution < 1.29 is 0 Å². The molecule has 0 aliphatic heterocycles. The lowest BCUT2D eigenvalue weighted by Gasteiger charge is -2.45. The molecule has 3 N–H and O–H groups in total. The number of hydrogen-bond donors (Lipinski definition) is 2. The van der Waals surface area contributed by atoms with E-state index >= 15 is 0 Å². The Morgan fingerprint density at radius 3 is 2.40 bits per heavy atom. The SMILES string of the molecule is CN(C)C1(C(Cc2ccc(Br)s2)NN)CCCCCC1. The summed E-state index contributed by atoms with van der Waals surface area (Å²) in [5.41, 5.74) is 3.31. The highest BCUT2D eigenvalue weighted by Gasteiger charge is 2.40. The molecule has 0 spiro atoms. The maximum absolute atomic E-state index is 5.95. The smallest absolute Gasteiger partial charge is 0.0701 e. The zero-order valence-corrected chi connectivity index (χ0v) is 14.9. The van der Waals surface area contributed by atoms with E-state index in [9.17, 15) is 0 Å². The predicted molar refractivity (Wildman–Crippen MR) is 91.0 cm³/mol. The summed E-state index contributed by atoms with van der Waals surface area (Å²) in [5.74, 6) is 5.95. The van der Waals surface area contributed by atoms with Gasteiger partial charge < -0.3 is 4.90 Å². The first-order valence-corrected chi connectivity index (χ1v) is 9.07. The van der Waals surface area contributed by atoms with Crippen molar-refractivity contribution in [3.05, 3.63) is 20.8 Å². The zero-order valence-electron chi connectivity index (χ0n) is 12.5. The van der Waals surface area contributed by atoms with Crippen LogP contribution in [0.1, 0.15) is 43.4 Å². The van der Waals surface area contributed by atoms with Gasteiger partial charge >= 0.3 is 0 Å². The molecule has 2 rings (SSSR count). The van der Waals surface area contributed by atoms with Gasteiger partial charge in [0.1, 0.15) is 0 Å². The van der Waals surface area contributed by atoms with Gasteiger partial charge in [0.25, 0.3) is 0 Å². The van der Waals surface area contributed by atoms with E-state index in [-0.39, 0.29) is 5.54 Å². The Labute approximate surface area is 135 Å². The molecule has 1 heterocycles. The molecule has 5 heteroatoms. The minimum Gasteiger partial charge on any atom is -0.302 e. The van der Waals surface area contributed by atoms with Crippen LogP contribution in [0.2, 0.25) is 0 Å². The summed E-state index contributed by atoms with van der Waals surface area (Å²) in [6.07, 6.45) is 8.82. The maximum atomic E-state index is 5.95. The lowest BCUT2D eigenvalue weighted by atomic mass is 9.80. The number of thiophene rings is 1. The first-order valence-electron chi connectivity index (χ1n) is 7.46. The fraction of sp³-hybridized carbons (Fsp3) is 0.733. The Hall–Kier alpha value is 0.0600. The van der Waals surface area contributed by atoms with E-state index in [0.717, 1.165) is 6.42 Å². The molecular formula is C15H26BrN3S. The van der Waals surface area contributed by atoms with E-state index in [1.165, 1.54) is 47.2 Å². The van der Waals surface area contributed by atoms with E-state index < -0.39 is 0 Å². The molecule has 20 heavy (non-hydrogen) atoms. The third kappa shape index (κ3) is 3.63. The summed E-state index contributed by atoms with van der Waals surface area (Å²) in [4.78, 5) is 3.80. The Balaban J connectivity index is 2.19. The molecular weight excluding hydrogens is 334 g/mol. The van der Waals surface area contributed by atoms with Crippen LogP contribution < -0.4 is 11.3 Å². The van der Waals surface area contributed by atoms with Crippen molar-refractivity contribution >= 4 is 27.3 Å². The molecule has 1 aliphatic carbocycles. The topological polar surface area (TPSA) is 41.3 Å². The average molecular weight is 360 g/mol. The molecule has 0 amide bonds. The fourth-order valence-electron chi connectivity index (χ4n) is 3.51. The number of nitrogens with one attached hydrogen (secondary N) is 1. The van der Waals surface area contributed by atoms with Gasteiger partial charge in [-0.15, -0.1) is 11.3 Å². The van der Waals surface area contributed by atoms with Crippen LogP contribution in [0, 0.1) is 0 Å². The first kappa shape index (κ1) is 16.4. The van der Waals surface area contributed by atoms with Crippen LogP contribution in [0.5, 0.6) is 0 Å². The highest BCUT2D eigenvalue weighted by molar-refractivity contribution is 9.11. The second-order valence-corrected chi connectivity index (χ2v) is 8.59. The van der Waals surface area contributed by atoms with Gasteiger partial charge in [-0.1, -0.05) is 25.7 Å². The average Bonchev–Trinajstić information content (AvgIpc) is 2.68. The van der Waals surface area contributed by atoms with Gasteiger partial charge in [-0.05, 0) is 55.0 Å². The van der Waals surface area contributed by atoms with Crippen molar-refractivity contribution in [2.75, 3.05) is 14.1 Å². The summed E-state index contributed by atoms with van der Waals surface area (Å²) in [6.45, 7) is 0. The molecule has 1 aromatic heterocycles. The Kier molecular flexibility index (Phi) is 6.05. The van der Waals surface area contributed by atoms with Crippen LogP contribution in [0.4, 0.5) is 0 Å². The fourth-order valence-corrected chi connectivity index (χ4v) is 5.04. The van der Waals surface area contributed by atoms with Gasteiger partial charge in [0.15, 0.2) is 0 Å².